The fourth-order valence-electron chi connectivity index (χ4n) is 8.10. The van der Waals surface area contributed by atoms with E-state index < -0.39 is 0 Å². The van der Waals surface area contributed by atoms with Crippen LogP contribution in [-0.2, 0) is 0 Å². The average Bonchev–Trinajstić information content (AvgIpc) is 3.30. The number of nitrogens with zero attached hydrogens (tertiary/aromatic N) is 1. The van der Waals surface area contributed by atoms with Crippen LogP contribution in [0.15, 0.2) is 237 Å². The number of anilines is 3. The molecule has 0 atom stereocenters. The van der Waals surface area contributed by atoms with Gasteiger partial charge in [-0.05, 0) is 109 Å². The molecule has 1 heteroatoms. The van der Waals surface area contributed by atoms with Crippen molar-refractivity contribution in [2.45, 2.75) is 0 Å². The van der Waals surface area contributed by atoms with Gasteiger partial charge in [-0.3, -0.25) is 0 Å². The van der Waals surface area contributed by atoms with E-state index in [0.29, 0.717) is 0 Å². The number of hydrogen-bond donors (Lipinski definition) is 0. The highest BCUT2D eigenvalue weighted by Crippen LogP contribution is 2.47. The minimum absolute atomic E-state index is 1.08. The zero-order chi connectivity index (χ0) is 38.0. The Labute approximate surface area is 334 Å². The van der Waals surface area contributed by atoms with E-state index in [-0.39, 0.29) is 0 Å². The minimum Gasteiger partial charge on any atom is -0.309 e. The summed E-state index contributed by atoms with van der Waals surface area (Å²) in [6, 6.07) is 85.9. The molecule has 0 spiro atoms. The lowest BCUT2D eigenvalue weighted by molar-refractivity contribution is 1.28. The van der Waals surface area contributed by atoms with Gasteiger partial charge in [0, 0.05) is 16.8 Å². The maximum Gasteiger partial charge on any atom is 0.0546 e. The third-order valence-corrected chi connectivity index (χ3v) is 11.0. The molecule has 57 heavy (non-hydrogen) atoms. The first-order valence-corrected chi connectivity index (χ1v) is 19.6. The summed E-state index contributed by atoms with van der Waals surface area (Å²) in [7, 11) is 0. The zero-order valence-electron chi connectivity index (χ0n) is 31.5. The Hall–Kier alpha value is -7.48. The van der Waals surface area contributed by atoms with E-state index in [1.807, 2.05) is 0 Å². The van der Waals surface area contributed by atoms with Crippen LogP contribution in [0.4, 0.5) is 17.1 Å². The van der Waals surface area contributed by atoms with Crippen molar-refractivity contribution < 1.29 is 0 Å². The monoisotopic (exact) mass is 725 g/mol. The Kier molecular flexibility index (Phi) is 8.95. The van der Waals surface area contributed by atoms with Crippen molar-refractivity contribution in [3.05, 3.63) is 237 Å². The fraction of sp³-hybridized carbons (Fsp3) is 0. The van der Waals surface area contributed by atoms with E-state index in [9.17, 15) is 0 Å². The summed E-state index contributed by atoms with van der Waals surface area (Å²) in [6.45, 7) is 0. The van der Waals surface area contributed by atoms with Crippen LogP contribution in [0.5, 0.6) is 0 Å². The van der Waals surface area contributed by atoms with Crippen LogP contribution in [0.25, 0.3) is 77.2 Å². The molecule has 0 saturated carbocycles. The summed E-state index contributed by atoms with van der Waals surface area (Å²) >= 11 is 0. The van der Waals surface area contributed by atoms with Gasteiger partial charge >= 0.3 is 0 Å². The average molecular weight is 726 g/mol. The number of fused-ring (bicyclic) bond motifs is 2. The van der Waals surface area contributed by atoms with Gasteiger partial charge in [0.05, 0.1) is 11.4 Å². The normalized spacial score (nSPS) is 11.2. The molecule has 0 radical (unpaired) electrons. The van der Waals surface area contributed by atoms with E-state index in [1.165, 1.54) is 54.9 Å². The molecule has 0 bridgehead atoms. The van der Waals surface area contributed by atoms with Crippen molar-refractivity contribution in [3.8, 4) is 55.6 Å². The maximum absolute atomic E-state index is 2.47. The Morgan fingerprint density at radius 2 is 0.632 bits per heavy atom. The molecule has 10 aromatic rings. The molecule has 0 heterocycles. The van der Waals surface area contributed by atoms with E-state index >= 15 is 0 Å². The molecule has 0 fully saturated rings. The first-order chi connectivity index (χ1) is 28.2. The van der Waals surface area contributed by atoms with Gasteiger partial charge in [0.15, 0.2) is 0 Å². The lowest BCUT2D eigenvalue weighted by Gasteiger charge is -2.31. The lowest BCUT2D eigenvalue weighted by Crippen LogP contribution is -2.13. The van der Waals surface area contributed by atoms with Crippen LogP contribution in [0.1, 0.15) is 0 Å². The maximum atomic E-state index is 2.47. The molecule has 0 aliphatic heterocycles. The van der Waals surface area contributed by atoms with Crippen molar-refractivity contribution >= 4 is 38.6 Å². The molecule has 10 rings (SSSR count). The number of hydrogen-bond acceptors (Lipinski definition) is 1. The van der Waals surface area contributed by atoms with E-state index in [0.717, 1.165) is 39.3 Å². The van der Waals surface area contributed by atoms with Crippen LogP contribution >= 0.6 is 0 Å². The van der Waals surface area contributed by atoms with Gasteiger partial charge < -0.3 is 4.90 Å². The SMILES string of the molecule is c1ccc(-c2ccc(N(c3ccc(-c4ccccc4)cc3-c3ccccc3)c3cc(-c4ccc5ccccc5c4)ccc3-c3ccc4ccccc4c3)cc2)cc1. The van der Waals surface area contributed by atoms with Crippen molar-refractivity contribution in [3.63, 3.8) is 0 Å². The van der Waals surface area contributed by atoms with Gasteiger partial charge in [0.25, 0.3) is 0 Å². The summed E-state index contributed by atoms with van der Waals surface area (Å²) in [5.74, 6) is 0. The van der Waals surface area contributed by atoms with Gasteiger partial charge in [0.2, 0.25) is 0 Å². The van der Waals surface area contributed by atoms with Crippen LogP contribution in [0.3, 0.4) is 0 Å². The first-order valence-electron chi connectivity index (χ1n) is 19.6. The predicted molar refractivity (Wildman–Crippen MR) is 243 cm³/mol. The van der Waals surface area contributed by atoms with E-state index in [4.69, 9.17) is 0 Å². The van der Waals surface area contributed by atoms with Crippen molar-refractivity contribution in [2.75, 3.05) is 4.90 Å². The smallest absolute Gasteiger partial charge is 0.0546 e. The second-order valence-electron chi connectivity index (χ2n) is 14.6. The minimum atomic E-state index is 1.08. The molecule has 0 saturated heterocycles. The molecular formula is C56H39N. The van der Waals surface area contributed by atoms with Crippen molar-refractivity contribution in [1.29, 1.82) is 0 Å². The molecule has 0 aliphatic carbocycles. The highest BCUT2D eigenvalue weighted by Gasteiger charge is 2.23. The summed E-state index contributed by atoms with van der Waals surface area (Å²) < 4.78 is 0. The van der Waals surface area contributed by atoms with Crippen LogP contribution < -0.4 is 4.90 Å². The Balaban J connectivity index is 1.25. The van der Waals surface area contributed by atoms with E-state index in [2.05, 4.69) is 241 Å². The Morgan fingerprint density at radius 3 is 1.26 bits per heavy atom. The van der Waals surface area contributed by atoms with Gasteiger partial charge in [-0.15, -0.1) is 0 Å². The zero-order valence-corrected chi connectivity index (χ0v) is 31.5. The molecule has 0 aromatic heterocycles. The number of rotatable bonds is 8. The molecule has 268 valence electrons. The first kappa shape index (κ1) is 34.0. The third kappa shape index (κ3) is 6.77. The summed E-state index contributed by atoms with van der Waals surface area (Å²) in [5, 5.41) is 4.91. The quantitative estimate of drug-likeness (QED) is 0.151. The number of benzene rings is 10. The summed E-state index contributed by atoms with van der Waals surface area (Å²) in [5.41, 5.74) is 15.0. The van der Waals surface area contributed by atoms with E-state index in [1.54, 1.807) is 0 Å². The van der Waals surface area contributed by atoms with Crippen LogP contribution in [0.2, 0.25) is 0 Å². The predicted octanol–water partition coefficient (Wildman–Crippen LogP) is 15.8. The van der Waals surface area contributed by atoms with Crippen molar-refractivity contribution in [1.82, 2.24) is 0 Å². The summed E-state index contributed by atoms with van der Waals surface area (Å²) in [6.07, 6.45) is 0. The molecule has 10 aromatic carbocycles. The van der Waals surface area contributed by atoms with Crippen LogP contribution in [-0.4, -0.2) is 0 Å². The molecule has 0 unspecified atom stereocenters. The molecule has 0 aliphatic rings. The Morgan fingerprint density at radius 1 is 0.211 bits per heavy atom. The lowest BCUT2D eigenvalue weighted by atomic mass is 9.93. The highest BCUT2D eigenvalue weighted by molar-refractivity contribution is 5.99. The molecule has 0 amide bonds. The highest BCUT2D eigenvalue weighted by atomic mass is 15.1. The largest absolute Gasteiger partial charge is 0.309 e. The topological polar surface area (TPSA) is 3.24 Å². The van der Waals surface area contributed by atoms with Gasteiger partial charge in [-0.25, -0.2) is 0 Å². The summed E-state index contributed by atoms with van der Waals surface area (Å²) in [4.78, 5) is 2.47. The second-order valence-corrected chi connectivity index (χ2v) is 14.6. The van der Waals surface area contributed by atoms with Gasteiger partial charge in [-0.1, -0.05) is 194 Å². The Bertz CT molecular complexity index is 2990. The van der Waals surface area contributed by atoms with Crippen LogP contribution in [0, 0.1) is 0 Å². The molecule has 1 nitrogen and oxygen atoms in total. The molecular weight excluding hydrogens is 687 g/mol. The van der Waals surface area contributed by atoms with Crippen molar-refractivity contribution in [2.24, 2.45) is 0 Å². The third-order valence-electron chi connectivity index (χ3n) is 11.0. The van der Waals surface area contributed by atoms with Gasteiger partial charge in [-0.2, -0.15) is 0 Å². The van der Waals surface area contributed by atoms with Gasteiger partial charge in [0.1, 0.15) is 0 Å². The fourth-order valence-corrected chi connectivity index (χ4v) is 8.10. The standard InChI is InChI=1S/C56H39N/c1-4-14-40(15-5-1)44-28-32-52(33-29-44)57(55-35-31-49(41-16-6-2-7-17-41)38-54(55)45-20-8-3-9-21-45)56-39-50(48-26-24-42-18-10-12-22-46(42)36-48)30-34-53(56)51-27-25-43-19-11-13-23-47(43)37-51/h1-39H. The molecule has 0 N–H and O–H groups in total. The second kappa shape index (κ2) is 15.0.